The molecule has 152 valence electrons. The molecule has 1 aromatic heterocycles. The average molecular weight is 412 g/mol. The lowest BCUT2D eigenvalue weighted by Gasteiger charge is -2.14. The Morgan fingerprint density at radius 3 is 2.69 bits per heavy atom. The van der Waals surface area contributed by atoms with Gasteiger partial charge in [0.1, 0.15) is 0 Å². The van der Waals surface area contributed by atoms with Crippen LogP contribution in [-0.4, -0.2) is 49.2 Å². The summed E-state index contributed by atoms with van der Waals surface area (Å²) >= 11 is 0. The molecule has 1 saturated heterocycles. The molecule has 3 aromatic rings. The number of sulfonamides is 1. The van der Waals surface area contributed by atoms with Gasteiger partial charge in [0.15, 0.2) is 0 Å². The van der Waals surface area contributed by atoms with Gasteiger partial charge in [-0.25, -0.2) is 13.1 Å². The number of carbonyl (C=O) groups is 1. The quantitative estimate of drug-likeness (QED) is 0.656. The van der Waals surface area contributed by atoms with Crippen molar-refractivity contribution < 1.29 is 13.2 Å². The van der Waals surface area contributed by atoms with Crippen LogP contribution in [0.4, 0.5) is 0 Å². The third-order valence-corrected chi connectivity index (χ3v) is 6.17. The zero-order valence-corrected chi connectivity index (χ0v) is 17.4. The Labute approximate surface area is 170 Å². The van der Waals surface area contributed by atoms with Crippen LogP contribution in [0.3, 0.4) is 0 Å². The molecule has 4 rings (SSSR count). The van der Waals surface area contributed by atoms with E-state index >= 15 is 0 Å². The lowest BCUT2D eigenvalue weighted by Crippen LogP contribution is -2.37. The van der Waals surface area contributed by atoms with E-state index in [-0.39, 0.29) is 11.9 Å². The summed E-state index contributed by atoms with van der Waals surface area (Å²) in [5.41, 5.74) is 3.37. The van der Waals surface area contributed by atoms with Crippen LogP contribution < -0.4 is 4.72 Å². The maximum Gasteiger partial charge on any atom is 0.246 e. The van der Waals surface area contributed by atoms with Crippen LogP contribution in [0.1, 0.15) is 18.9 Å². The summed E-state index contributed by atoms with van der Waals surface area (Å²) in [4.78, 5) is 14.2. The number of fused-ring (bicyclic) bond motifs is 3. The van der Waals surface area contributed by atoms with E-state index in [1.807, 2.05) is 18.2 Å². The maximum atomic E-state index is 12.5. The molecule has 0 radical (unpaired) electrons. The molecule has 1 amide bonds. The molecule has 29 heavy (non-hydrogen) atoms. The molecule has 1 fully saturated rings. The highest BCUT2D eigenvalue weighted by Crippen LogP contribution is 2.30. The first-order chi connectivity index (χ1) is 13.9. The second kappa shape index (κ2) is 7.65. The predicted molar refractivity (Wildman–Crippen MR) is 117 cm³/mol. The Hall–Kier alpha value is -2.64. The Morgan fingerprint density at radius 2 is 1.93 bits per heavy atom. The van der Waals surface area contributed by atoms with Crippen molar-refractivity contribution in [2.75, 3.05) is 19.3 Å². The summed E-state index contributed by atoms with van der Waals surface area (Å²) < 4.78 is 27.6. The number of nitrogens with zero attached hydrogens (tertiary/aromatic N) is 2. The average Bonchev–Trinajstić information content (AvgIpc) is 3.26. The molecule has 7 heteroatoms. The third-order valence-electron chi connectivity index (χ3n) is 5.41. The van der Waals surface area contributed by atoms with Gasteiger partial charge >= 0.3 is 0 Å². The van der Waals surface area contributed by atoms with Crippen molar-refractivity contribution in [3.63, 3.8) is 0 Å². The fraction of sp³-hybridized carbons (Fsp3) is 0.318. The first-order valence-corrected chi connectivity index (χ1v) is 11.7. The van der Waals surface area contributed by atoms with Crippen LogP contribution in [0.5, 0.6) is 0 Å². The molecule has 0 aliphatic carbocycles. The number of rotatable bonds is 5. The normalized spacial score (nSPS) is 17.7. The van der Waals surface area contributed by atoms with Crippen LogP contribution in [0, 0.1) is 0 Å². The number of benzene rings is 2. The van der Waals surface area contributed by atoms with Gasteiger partial charge in [-0.3, -0.25) is 4.79 Å². The van der Waals surface area contributed by atoms with Gasteiger partial charge in [0.05, 0.1) is 6.26 Å². The fourth-order valence-electron chi connectivity index (χ4n) is 4.15. The molecular formula is C22H25N3O3S. The summed E-state index contributed by atoms with van der Waals surface area (Å²) in [5.74, 6) is -0.0983. The van der Waals surface area contributed by atoms with E-state index < -0.39 is 10.0 Å². The van der Waals surface area contributed by atoms with Gasteiger partial charge < -0.3 is 9.47 Å². The van der Waals surface area contributed by atoms with E-state index in [1.54, 1.807) is 11.0 Å². The molecule has 6 nitrogen and oxygen atoms in total. The van der Waals surface area contributed by atoms with Crippen molar-refractivity contribution in [1.82, 2.24) is 14.2 Å². The lowest BCUT2D eigenvalue weighted by atomic mass is 10.1. The molecule has 0 bridgehead atoms. The number of amides is 1. The smallest absolute Gasteiger partial charge is 0.246 e. The molecule has 1 aliphatic heterocycles. The minimum absolute atomic E-state index is 0.0983. The summed E-state index contributed by atoms with van der Waals surface area (Å²) in [5, 5.41) is 2.38. The first kappa shape index (κ1) is 19.7. The summed E-state index contributed by atoms with van der Waals surface area (Å²) in [7, 11) is -3.26. The van der Waals surface area contributed by atoms with E-state index in [1.165, 1.54) is 21.8 Å². The summed E-state index contributed by atoms with van der Waals surface area (Å²) in [6.07, 6.45) is 5.18. The molecule has 2 heterocycles. The van der Waals surface area contributed by atoms with Crippen molar-refractivity contribution in [1.29, 1.82) is 0 Å². The minimum atomic E-state index is -3.26. The van der Waals surface area contributed by atoms with Gasteiger partial charge in [-0.2, -0.15) is 0 Å². The fourth-order valence-corrected chi connectivity index (χ4v) is 4.95. The molecule has 1 unspecified atom stereocenters. The molecular weight excluding hydrogens is 386 g/mol. The van der Waals surface area contributed by atoms with Gasteiger partial charge in [-0.15, -0.1) is 0 Å². The Bertz CT molecular complexity index is 1210. The lowest BCUT2D eigenvalue weighted by molar-refractivity contribution is -0.125. The van der Waals surface area contributed by atoms with E-state index in [0.717, 1.165) is 18.4 Å². The number of likely N-dealkylation sites (tertiary alicyclic amines) is 1. The third kappa shape index (κ3) is 4.06. The van der Waals surface area contributed by atoms with E-state index in [0.29, 0.717) is 19.5 Å². The minimum Gasteiger partial charge on any atom is -0.341 e. The van der Waals surface area contributed by atoms with Crippen LogP contribution in [-0.2, 0) is 21.4 Å². The second-order valence-electron chi connectivity index (χ2n) is 7.53. The van der Waals surface area contributed by atoms with E-state index in [4.69, 9.17) is 0 Å². The largest absolute Gasteiger partial charge is 0.341 e. The number of nitrogens with one attached hydrogen (secondary N) is 1. The number of hydrogen-bond acceptors (Lipinski definition) is 3. The van der Waals surface area contributed by atoms with Crippen LogP contribution in [0.15, 0.2) is 48.5 Å². The zero-order valence-electron chi connectivity index (χ0n) is 16.6. The van der Waals surface area contributed by atoms with Gasteiger partial charge in [0, 0.05) is 53.6 Å². The van der Waals surface area contributed by atoms with Gasteiger partial charge in [-0.1, -0.05) is 24.3 Å². The molecule has 1 N–H and O–H groups in total. The predicted octanol–water partition coefficient (Wildman–Crippen LogP) is 2.98. The molecule has 0 saturated carbocycles. The monoisotopic (exact) mass is 411 g/mol. The highest BCUT2D eigenvalue weighted by atomic mass is 32.2. The Morgan fingerprint density at radius 1 is 1.17 bits per heavy atom. The first-order valence-electron chi connectivity index (χ1n) is 9.81. The molecule has 0 spiro atoms. The number of aryl methyl sites for hydroxylation is 1. The van der Waals surface area contributed by atoms with E-state index in [2.05, 4.69) is 46.5 Å². The Balaban J connectivity index is 1.54. The molecule has 2 aromatic carbocycles. The number of hydrogen-bond donors (Lipinski definition) is 1. The standard InChI is InChI=1S/C22H25N3O3S/c1-3-25-20-7-5-4-6-18(20)19-14-16(8-10-21(19)25)9-11-22(26)24-13-12-17(15-24)23-29(2,27)28/h4-11,14,17,23H,3,12-13,15H2,1-2H3/b11-9+. The van der Waals surface area contributed by atoms with Gasteiger partial charge in [0.25, 0.3) is 0 Å². The van der Waals surface area contributed by atoms with Crippen molar-refractivity contribution in [2.45, 2.75) is 25.9 Å². The topological polar surface area (TPSA) is 71.4 Å². The second-order valence-corrected chi connectivity index (χ2v) is 9.31. The molecule has 1 atom stereocenters. The SMILES string of the molecule is CCn1c2ccccc2c2cc(/C=C/C(=O)N3CCC(NS(C)(=O)=O)C3)ccc21. The number of carbonyl (C=O) groups excluding carboxylic acids is 1. The Kier molecular flexibility index (Phi) is 5.19. The summed E-state index contributed by atoms with van der Waals surface area (Å²) in [6.45, 7) is 3.99. The maximum absolute atomic E-state index is 12.5. The van der Waals surface area contributed by atoms with E-state index in [9.17, 15) is 13.2 Å². The van der Waals surface area contributed by atoms with Crippen molar-refractivity contribution in [3.8, 4) is 0 Å². The van der Waals surface area contributed by atoms with Gasteiger partial charge in [0.2, 0.25) is 15.9 Å². The van der Waals surface area contributed by atoms with Gasteiger partial charge in [-0.05, 0) is 43.2 Å². The highest BCUT2D eigenvalue weighted by molar-refractivity contribution is 7.88. The molecule has 1 aliphatic rings. The van der Waals surface area contributed by atoms with Crippen LogP contribution in [0.2, 0.25) is 0 Å². The number of aromatic nitrogens is 1. The van der Waals surface area contributed by atoms with Crippen molar-refractivity contribution >= 4 is 43.8 Å². The van der Waals surface area contributed by atoms with Crippen LogP contribution in [0.25, 0.3) is 27.9 Å². The summed E-state index contributed by atoms with van der Waals surface area (Å²) in [6, 6.07) is 14.4. The zero-order chi connectivity index (χ0) is 20.6. The van der Waals surface area contributed by atoms with Crippen LogP contribution >= 0.6 is 0 Å². The van der Waals surface area contributed by atoms with Crippen molar-refractivity contribution in [2.24, 2.45) is 0 Å². The number of para-hydroxylation sites is 1. The van der Waals surface area contributed by atoms with Crippen molar-refractivity contribution in [3.05, 3.63) is 54.1 Å². The highest BCUT2D eigenvalue weighted by Gasteiger charge is 2.26.